The van der Waals surface area contributed by atoms with Crippen LogP contribution in [0.2, 0.25) is 12.1 Å². The number of hydrogen-bond acceptors (Lipinski definition) is 7. The van der Waals surface area contributed by atoms with E-state index in [4.69, 9.17) is 31.3 Å². The van der Waals surface area contributed by atoms with Gasteiger partial charge in [0.25, 0.3) is 0 Å². The third-order valence-electron chi connectivity index (χ3n) is 6.89. The quantitative estimate of drug-likeness (QED) is 0.0645. The van der Waals surface area contributed by atoms with Crippen LogP contribution in [0.3, 0.4) is 0 Å². The van der Waals surface area contributed by atoms with E-state index in [0.29, 0.717) is 0 Å². The number of ether oxygens (including phenoxy) is 1. The molecule has 0 fully saturated rings. The van der Waals surface area contributed by atoms with Gasteiger partial charge in [0.2, 0.25) is 0 Å². The second-order valence-electron chi connectivity index (χ2n) is 9.17. The highest BCUT2D eigenvalue weighted by molar-refractivity contribution is 7.57. The van der Waals surface area contributed by atoms with Crippen LogP contribution in [-0.4, -0.2) is 92.5 Å². The van der Waals surface area contributed by atoms with Crippen molar-refractivity contribution >= 4 is 25.5 Å². The first-order valence-corrected chi connectivity index (χ1v) is 19.3. The summed E-state index contributed by atoms with van der Waals surface area (Å²) in [5.41, 5.74) is 0. The average Bonchev–Trinajstić information content (AvgIpc) is 2.90. The van der Waals surface area contributed by atoms with Crippen molar-refractivity contribution in [2.24, 2.45) is 0 Å². The van der Waals surface area contributed by atoms with E-state index in [-0.39, 0.29) is 7.92 Å². The van der Waals surface area contributed by atoms with Crippen molar-refractivity contribution in [2.45, 2.75) is 89.1 Å². The van der Waals surface area contributed by atoms with Gasteiger partial charge in [-0.05, 0) is 44.2 Å². The number of hydrogen-bond donors (Lipinski definition) is 0. The van der Waals surface area contributed by atoms with Crippen molar-refractivity contribution in [3.63, 3.8) is 0 Å². The van der Waals surface area contributed by atoms with Gasteiger partial charge in [0.05, 0.1) is 6.61 Å². The Bertz CT molecular complexity index is 403. The maximum atomic E-state index is 5.50. The largest absolute Gasteiger partial charge is 0.500 e. The van der Waals surface area contributed by atoms with Gasteiger partial charge in [-0.15, -0.1) is 7.92 Å². The zero-order valence-electron chi connectivity index (χ0n) is 24.0. The molecule has 0 bridgehead atoms. The molecule has 0 aromatic heterocycles. The van der Waals surface area contributed by atoms with E-state index in [0.717, 1.165) is 31.5 Å². The molecule has 0 saturated heterocycles. The molecule has 7 nitrogen and oxygen atoms in total. The van der Waals surface area contributed by atoms with Crippen LogP contribution in [-0.2, 0) is 31.3 Å². The van der Waals surface area contributed by atoms with Crippen LogP contribution in [0.1, 0.15) is 77.0 Å². The summed E-state index contributed by atoms with van der Waals surface area (Å²) >= 11 is 0. The molecular weight excluding hydrogens is 499 g/mol. The van der Waals surface area contributed by atoms with Gasteiger partial charge < -0.3 is 31.3 Å². The van der Waals surface area contributed by atoms with Crippen LogP contribution in [0.4, 0.5) is 0 Å². The Balaban J connectivity index is 3.87. The summed E-state index contributed by atoms with van der Waals surface area (Å²) in [6.45, 7) is 0.917. The van der Waals surface area contributed by atoms with Crippen molar-refractivity contribution in [2.75, 3.05) is 74.9 Å². The molecule has 0 atom stereocenters. The maximum Gasteiger partial charge on any atom is 0.500 e. The van der Waals surface area contributed by atoms with Crippen molar-refractivity contribution in [3.8, 4) is 0 Å². The molecule has 0 rings (SSSR count). The predicted octanol–water partition coefficient (Wildman–Crippen LogP) is 6.55. The molecule has 212 valence electrons. The highest BCUT2D eigenvalue weighted by atomic mass is 31.1. The molecule has 0 N–H and O–H groups in total. The fraction of sp³-hybridized carbons (Fsp3) is 1.00. The van der Waals surface area contributed by atoms with Gasteiger partial charge in [-0.2, -0.15) is 0 Å². The maximum absolute atomic E-state index is 5.50. The minimum absolute atomic E-state index is 0.121. The monoisotopic (exact) mass is 556 g/mol. The third kappa shape index (κ3) is 16.9. The van der Waals surface area contributed by atoms with E-state index in [1.807, 2.05) is 7.11 Å². The molecule has 0 aromatic carbocycles. The van der Waals surface area contributed by atoms with E-state index < -0.39 is 17.6 Å². The second-order valence-corrected chi connectivity index (χ2v) is 18.0. The van der Waals surface area contributed by atoms with Gasteiger partial charge in [0.15, 0.2) is 0 Å². The van der Waals surface area contributed by atoms with E-state index in [1.54, 1.807) is 42.7 Å². The molecule has 0 aliphatic rings. The molecule has 0 heterocycles. The summed E-state index contributed by atoms with van der Waals surface area (Å²) in [5.74, 6) is 0. The summed E-state index contributed by atoms with van der Waals surface area (Å²) in [6.07, 6.45) is 19.5. The van der Waals surface area contributed by atoms with E-state index in [2.05, 4.69) is 0 Å². The van der Waals surface area contributed by atoms with Gasteiger partial charge >= 0.3 is 17.6 Å². The van der Waals surface area contributed by atoms with Crippen LogP contribution < -0.4 is 0 Å². The topological polar surface area (TPSA) is 64.6 Å². The van der Waals surface area contributed by atoms with Crippen molar-refractivity contribution in [3.05, 3.63) is 0 Å². The summed E-state index contributed by atoms with van der Waals surface area (Å²) in [7, 11) is 7.36. The first kappa shape index (κ1) is 35.6. The highest BCUT2D eigenvalue weighted by Crippen LogP contribution is 2.38. The Morgan fingerprint density at radius 2 is 0.714 bits per heavy atom. The molecule has 0 saturated carbocycles. The Kier molecular flexibility index (Phi) is 24.1. The van der Waals surface area contributed by atoms with Crippen LogP contribution >= 0.6 is 7.92 Å². The molecule has 0 spiro atoms. The standard InChI is InChI=1S/C25H57O7PSi2/c1-26-20-23-33(21-16-12-8-10-14-18-24-34(27-2,28-3)29-4)22-17-13-9-11-15-19-25-35(30-5,31-6)32-7/h8-25H2,1-7H3. The highest BCUT2D eigenvalue weighted by Gasteiger charge is 2.37. The van der Waals surface area contributed by atoms with Crippen LogP contribution in [0.15, 0.2) is 0 Å². The fourth-order valence-electron chi connectivity index (χ4n) is 4.44. The van der Waals surface area contributed by atoms with Crippen LogP contribution in [0, 0.1) is 0 Å². The lowest BCUT2D eigenvalue weighted by Crippen LogP contribution is -2.42. The van der Waals surface area contributed by atoms with Crippen molar-refractivity contribution < 1.29 is 31.3 Å². The van der Waals surface area contributed by atoms with Gasteiger partial charge in [0, 0.05) is 61.9 Å². The zero-order chi connectivity index (χ0) is 26.3. The molecule has 0 aliphatic heterocycles. The van der Waals surface area contributed by atoms with Crippen LogP contribution in [0.5, 0.6) is 0 Å². The number of methoxy groups -OCH3 is 1. The molecule has 0 radical (unpaired) electrons. The minimum atomic E-state index is -2.38. The van der Waals surface area contributed by atoms with Gasteiger partial charge in [-0.25, -0.2) is 0 Å². The Morgan fingerprint density at radius 1 is 0.400 bits per heavy atom. The molecule has 0 aromatic rings. The number of rotatable bonds is 27. The van der Waals surface area contributed by atoms with E-state index in [1.165, 1.54) is 82.7 Å². The number of unbranched alkanes of at least 4 members (excludes halogenated alkanes) is 10. The molecule has 0 unspecified atom stereocenters. The van der Waals surface area contributed by atoms with Gasteiger partial charge in [-0.1, -0.05) is 51.4 Å². The first-order valence-electron chi connectivity index (χ1n) is 13.5. The van der Waals surface area contributed by atoms with E-state index >= 15 is 0 Å². The average molecular weight is 557 g/mol. The van der Waals surface area contributed by atoms with Crippen molar-refractivity contribution in [1.29, 1.82) is 0 Å². The zero-order valence-corrected chi connectivity index (χ0v) is 26.9. The Hall–Kier alpha value is 0.584. The lowest BCUT2D eigenvalue weighted by Gasteiger charge is -2.24. The lowest BCUT2D eigenvalue weighted by atomic mass is 10.1. The van der Waals surface area contributed by atoms with E-state index in [9.17, 15) is 0 Å². The smallest absolute Gasteiger partial charge is 0.384 e. The summed E-state index contributed by atoms with van der Waals surface area (Å²) in [5, 5.41) is 0. The second kappa shape index (κ2) is 23.7. The lowest BCUT2D eigenvalue weighted by molar-refractivity contribution is 0.122. The Labute approximate surface area is 220 Å². The normalized spacial score (nSPS) is 12.7. The van der Waals surface area contributed by atoms with Crippen molar-refractivity contribution in [1.82, 2.24) is 0 Å². The van der Waals surface area contributed by atoms with Crippen LogP contribution in [0.25, 0.3) is 0 Å². The Morgan fingerprint density at radius 3 is 1.03 bits per heavy atom. The summed E-state index contributed by atoms with van der Waals surface area (Å²) in [6, 6.07) is 1.82. The third-order valence-corrected chi connectivity index (χ3v) is 15.3. The fourth-order valence-corrected chi connectivity index (χ4v) is 10.5. The summed E-state index contributed by atoms with van der Waals surface area (Å²) in [4.78, 5) is 0. The van der Waals surface area contributed by atoms with Gasteiger partial charge in [-0.3, -0.25) is 0 Å². The molecule has 0 amide bonds. The first-order chi connectivity index (χ1) is 17.0. The molecular formula is C25H57O7PSi2. The summed E-state index contributed by atoms with van der Waals surface area (Å²) < 4.78 is 38.4. The molecule has 0 aliphatic carbocycles. The van der Waals surface area contributed by atoms with Gasteiger partial charge in [0.1, 0.15) is 0 Å². The predicted molar refractivity (Wildman–Crippen MR) is 152 cm³/mol. The molecule has 35 heavy (non-hydrogen) atoms. The SMILES string of the molecule is COCCP(CCCCCCCC[Si](OC)(OC)OC)CCCCCCCC[Si](OC)(OC)OC. The molecule has 10 heteroatoms. The minimum Gasteiger partial charge on any atom is -0.384 e.